The molecule has 29 heavy (non-hydrogen) atoms. The fourth-order valence-corrected chi connectivity index (χ4v) is 4.14. The van der Waals surface area contributed by atoms with Crippen LogP contribution in [0.1, 0.15) is 0 Å². The number of para-hydroxylation sites is 1. The maximum Gasteiger partial charge on any atom is 0.262 e. The lowest BCUT2D eigenvalue weighted by Crippen LogP contribution is -2.19. The van der Waals surface area contributed by atoms with Crippen LogP contribution in [0.5, 0.6) is 0 Å². The normalized spacial score (nSPS) is 11.0. The Balaban J connectivity index is 1.74. The van der Waals surface area contributed by atoms with Gasteiger partial charge in [0.05, 0.1) is 20.6 Å². The van der Waals surface area contributed by atoms with E-state index in [1.807, 2.05) is 0 Å². The number of benzene rings is 3. The number of hydrogen-bond donors (Lipinski definition) is 3. The molecule has 0 heterocycles. The molecular weight excluding hydrogens is 456 g/mol. The second kappa shape index (κ2) is 8.96. The fourth-order valence-electron chi connectivity index (χ4n) is 2.36. The van der Waals surface area contributed by atoms with Crippen LogP contribution in [0, 0.1) is 5.82 Å². The zero-order valence-corrected chi connectivity index (χ0v) is 17.8. The Bertz CT molecular complexity index is 1170. The van der Waals surface area contributed by atoms with Gasteiger partial charge in [-0.2, -0.15) is 0 Å². The van der Waals surface area contributed by atoms with E-state index in [0.717, 1.165) is 0 Å². The van der Waals surface area contributed by atoms with E-state index in [2.05, 4.69) is 15.4 Å². The van der Waals surface area contributed by atoms with Gasteiger partial charge in [-0.15, -0.1) is 0 Å². The van der Waals surface area contributed by atoms with E-state index >= 15 is 0 Å². The van der Waals surface area contributed by atoms with Gasteiger partial charge in [0.2, 0.25) is 0 Å². The molecule has 10 heteroatoms. The maximum atomic E-state index is 13.2. The van der Waals surface area contributed by atoms with Gasteiger partial charge in [-0.1, -0.05) is 41.4 Å². The van der Waals surface area contributed by atoms with Crippen LogP contribution in [0.3, 0.4) is 0 Å². The molecule has 3 rings (SSSR count). The van der Waals surface area contributed by atoms with Gasteiger partial charge >= 0.3 is 0 Å². The molecule has 3 aromatic rings. The van der Waals surface area contributed by atoms with Gasteiger partial charge in [0.15, 0.2) is 5.11 Å². The molecule has 0 aromatic heterocycles. The fraction of sp³-hybridized carbons (Fsp3) is 0. The maximum absolute atomic E-state index is 13.2. The van der Waals surface area contributed by atoms with Crippen molar-refractivity contribution in [1.82, 2.24) is 0 Å². The van der Waals surface area contributed by atoms with Crippen LogP contribution < -0.4 is 15.4 Å². The molecule has 0 saturated carbocycles. The van der Waals surface area contributed by atoms with Crippen molar-refractivity contribution in [2.24, 2.45) is 0 Å². The third kappa shape index (κ3) is 5.57. The molecule has 0 fully saturated rings. The first-order chi connectivity index (χ1) is 13.7. The number of hydrogen-bond acceptors (Lipinski definition) is 3. The van der Waals surface area contributed by atoms with Crippen molar-refractivity contribution in [2.45, 2.75) is 4.90 Å². The Morgan fingerprint density at radius 1 is 0.862 bits per heavy atom. The molecule has 0 spiro atoms. The number of halogens is 3. The number of nitrogens with one attached hydrogen (secondary N) is 3. The number of thiocarbonyl (C=S) groups is 1. The molecule has 0 aliphatic carbocycles. The van der Waals surface area contributed by atoms with Crippen LogP contribution in [-0.4, -0.2) is 13.5 Å². The lowest BCUT2D eigenvalue weighted by Gasteiger charge is -2.13. The predicted molar refractivity (Wildman–Crippen MR) is 120 cm³/mol. The Morgan fingerprint density at radius 2 is 1.55 bits per heavy atom. The highest BCUT2D eigenvalue weighted by atomic mass is 35.5. The van der Waals surface area contributed by atoms with Crippen molar-refractivity contribution in [3.63, 3.8) is 0 Å². The number of sulfonamides is 1. The first-order valence-corrected chi connectivity index (χ1v) is 10.8. The van der Waals surface area contributed by atoms with Gasteiger partial charge in [-0.25, -0.2) is 12.8 Å². The number of rotatable bonds is 5. The zero-order chi connectivity index (χ0) is 21.0. The van der Waals surface area contributed by atoms with Crippen LogP contribution in [0.4, 0.5) is 21.5 Å². The lowest BCUT2D eigenvalue weighted by atomic mass is 10.3. The summed E-state index contributed by atoms with van der Waals surface area (Å²) in [5, 5.41) is 6.15. The standard InChI is InChI=1S/C19H14Cl2FN3O2S2/c20-15-6-1-2-7-18(15)25-29(26,27)14-5-3-4-12(10-14)23-19(28)24-13-8-9-17(22)16(21)11-13/h1-11,25H,(H2,23,24,28). The van der Waals surface area contributed by atoms with Crippen molar-refractivity contribution in [1.29, 1.82) is 0 Å². The molecule has 0 aliphatic rings. The highest BCUT2D eigenvalue weighted by Crippen LogP contribution is 2.25. The van der Waals surface area contributed by atoms with E-state index in [1.165, 1.54) is 30.3 Å². The quantitative estimate of drug-likeness (QED) is 0.415. The monoisotopic (exact) mass is 469 g/mol. The van der Waals surface area contributed by atoms with E-state index in [1.54, 1.807) is 36.4 Å². The van der Waals surface area contributed by atoms with Crippen LogP contribution in [0.2, 0.25) is 10.0 Å². The highest BCUT2D eigenvalue weighted by Gasteiger charge is 2.16. The van der Waals surface area contributed by atoms with Crippen molar-refractivity contribution < 1.29 is 12.8 Å². The minimum absolute atomic E-state index is 0.0232. The van der Waals surface area contributed by atoms with Crippen molar-refractivity contribution in [2.75, 3.05) is 15.4 Å². The third-order valence-electron chi connectivity index (χ3n) is 3.70. The Hall–Kier alpha value is -2.39. The summed E-state index contributed by atoms with van der Waals surface area (Å²) in [6, 6.07) is 16.7. The van der Waals surface area contributed by atoms with Gasteiger partial charge in [0.1, 0.15) is 5.82 Å². The van der Waals surface area contributed by atoms with Gasteiger partial charge < -0.3 is 10.6 Å². The average molecular weight is 470 g/mol. The van der Waals surface area contributed by atoms with Crippen LogP contribution in [-0.2, 0) is 10.0 Å². The molecule has 3 N–H and O–H groups in total. The summed E-state index contributed by atoms with van der Waals surface area (Å²) in [6.45, 7) is 0. The summed E-state index contributed by atoms with van der Waals surface area (Å²) in [5.74, 6) is -0.542. The summed E-state index contributed by atoms with van der Waals surface area (Å²) in [6.07, 6.45) is 0. The summed E-state index contributed by atoms with van der Waals surface area (Å²) >= 11 is 17.0. The van der Waals surface area contributed by atoms with E-state index in [9.17, 15) is 12.8 Å². The minimum atomic E-state index is -3.86. The topological polar surface area (TPSA) is 70.2 Å². The van der Waals surface area contributed by atoms with Gasteiger partial charge in [-0.3, -0.25) is 4.72 Å². The van der Waals surface area contributed by atoms with Gasteiger partial charge in [0.25, 0.3) is 10.0 Å². The molecule has 3 aromatic carbocycles. The molecule has 0 aliphatic heterocycles. The Kier molecular flexibility index (Phi) is 6.59. The van der Waals surface area contributed by atoms with Crippen LogP contribution in [0.25, 0.3) is 0 Å². The van der Waals surface area contributed by atoms with E-state index < -0.39 is 15.8 Å². The molecule has 0 bridgehead atoms. The number of anilines is 3. The van der Waals surface area contributed by atoms with Gasteiger partial charge in [-0.05, 0) is 60.7 Å². The second-order valence-corrected chi connectivity index (χ2v) is 8.73. The predicted octanol–water partition coefficient (Wildman–Crippen LogP) is 5.74. The second-order valence-electron chi connectivity index (χ2n) is 5.82. The summed E-state index contributed by atoms with van der Waals surface area (Å²) in [4.78, 5) is 0.0232. The molecule has 0 unspecified atom stereocenters. The molecular formula is C19H14Cl2FN3O2S2. The SMILES string of the molecule is O=S(=O)(Nc1ccccc1Cl)c1cccc(NC(=S)Nc2ccc(F)c(Cl)c2)c1. The zero-order valence-electron chi connectivity index (χ0n) is 14.6. The Labute approximate surface area is 182 Å². The lowest BCUT2D eigenvalue weighted by molar-refractivity contribution is 0.601. The van der Waals surface area contributed by atoms with Crippen molar-refractivity contribution in [3.05, 3.63) is 82.6 Å². The van der Waals surface area contributed by atoms with Crippen LogP contribution in [0.15, 0.2) is 71.6 Å². The van der Waals surface area contributed by atoms with Crippen LogP contribution >= 0.6 is 35.4 Å². The molecule has 0 atom stereocenters. The summed E-state index contributed by atoms with van der Waals surface area (Å²) in [7, 11) is -3.86. The van der Waals surface area contributed by atoms with E-state index in [-0.39, 0.29) is 25.7 Å². The molecule has 0 saturated heterocycles. The summed E-state index contributed by atoms with van der Waals surface area (Å²) in [5.41, 5.74) is 1.20. The average Bonchev–Trinajstić information content (AvgIpc) is 2.66. The van der Waals surface area contributed by atoms with Crippen molar-refractivity contribution >= 4 is 67.6 Å². The van der Waals surface area contributed by atoms with E-state index in [4.69, 9.17) is 35.4 Å². The first-order valence-electron chi connectivity index (χ1n) is 8.15. The van der Waals surface area contributed by atoms with E-state index in [0.29, 0.717) is 11.4 Å². The highest BCUT2D eigenvalue weighted by molar-refractivity contribution is 7.92. The molecule has 5 nitrogen and oxygen atoms in total. The Morgan fingerprint density at radius 3 is 2.24 bits per heavy atom. The first kappa shape index (κ1) is 21.3. The molecule has 0 amide bonds. The van der Waals surface area contributed by atoms with Gasteiger partial charge in [0, 0.05) is 11.4 Å². The molecule has 150 valence electrons. The molecule has 0 radical (unpaired) electrons. The summed E-state index contributed by atoms with van der Waals surface area (Å²) < 4.78 is 41.0. The van der Waals surface area contributed by atoms with Crippen molar-refractivity contribution in [3.8, 4) is 0 Å². The largest absolute Gasteiger partial charge is 0.332 e. The smallest absolute Gasteiger partial charge is 0.262 e. The third-order valence-corrected chi connectivity index (χ3v) is 5.88. The minimum Gasteiger partial charge on any atom is -0.332 e.